The van der Waals surface area contributed by atoms with Gasteiger partial charge in [0.15, 0.2) is 0 Å². The number of aryl methyl sites for hydroxylation is 1. The Balaban J connectivity index is 1.98. The number of hydrogen-bond donors (Lipinski definition) is 2. The van der Waals surface area contributed by atoms with Crippen molar-refractivity contribution in [2.24, 2.45) is 7.05 Å². The molecule has 2 N–H and O–H groups in total. The molecule has 1 heterocycles. The van der Waals surface area contributed by atoms with Gasteiger partial charge in [0.05, 0.1) is 11.2 Å². The van der Waals surface area contributed by atoms with E-state index in [0.29, 0.717) is 12.1 Å². The summed E-state index contributed by atoms with van der Waals surface area (Å²) in [5.74, 6) is 0. The van der Waals surface area contributed by atoms with Crippen molar-refractivity contribution in [2.75, 3.05) is 6.54 Å². The van der Waals surface area contributed by atoms with Gasteiger partial charge in [0.25, 0.3) is 0 Å². The topological polar surface area (TPSA) is 41.9 Å². The quantitative estimate of drug-likeness (QED) is 0.835. The van der Waals surface area contributed by atoms with E-state index in [0.717, 1.165) is 18.8 Å². The van der Waals surface area contributed by atoms with E-state index < -0.39 is 0 Å². The Labute approximate surface area is 115 Å². The summed E-state index contributed by atoms with van der Waals surface area (Å²) in [4.78, 5) is 0. The van der Waals surface area contributed by atoms with E-state index in [1.807, 2.05) is 11.7 Å². The molecule has 2 rings (SSSR count). The highest BCUT2D eigenvalue weighted by atomic mass is 15.3. The van der Waals surface area contributed by atoms with Gasteiger partial charge < -0.3 is 10.6 Å². The molecule has 4 nitrogen and oxygen atoms in total. The zero-order valence-corrected chi connectivity index (χ0v) is 12.3. The van der Waals surface area contributed by atoms with Crippen molar-refractivity contribution in [1.29, 1.82) is 0 Å². The fourth-order valence-corrected chi connectivity index (χ4v) is 2.17. The molecule has 0 amide bonds. The third-order valence-electron chi connectivity index (χ3n) is 3.28. The zero-order chi connectivity index (χ0) is 13.8. The fraction of sp³-hybridized carbons (Fsp3) is 0.533. The van der Waals surface area contributed by atoms with Crippen LogP contribution in [-0.4, -0.2) is 28.4 Å². The Morgan fingerprint density at radius 2 is 1.89 bits per heavy atom. The van der Waals surface area contributed by atoms with Gasteiger partial charge in [0, 0.05) is 37.6 Å². The molecule has 0 radical (unpaired) electrons. The second-order valence-electron chi connectivity index (χ2n) is 5.43. The number of nitrogens with one attached hydrogen (secondary N) is 2. The van der Waals surface area contributed by atoms with E-state index in [1.54, 1.807) is 0 Å². The van der Waals surface area contributed by atoms with Crippen LogP contribution < -0.4 is 10.6 Å². The predicted octanol–water partition coefficient (Wildman–Crippen LogP) is 2.05. The summed E-state index contributed by atoms with van der Waals surface area (Å²) in [6.07, 6.45) is 0. The lowest BCUT2D eigenvalue weighted by Crippen LogP contribution is -2.38. The third-order valence-corrected chi connectivity index (χ3v) is 3.28. The normalized spacial score (nSPS) is 13.3. The lowest BCUT2D eigenvalue weighted by molar-refractivity contribution is 0.471. The molecule has 0 saturated heterocycles. The van der Waals surface area contributed by atoms with E-state index >= 15 is 0 Å². The number of aromatic nitrogens is 2. The van der Waals surface area contributed by atoms with Crippen LogP contribution in [0.5, 0.6) is 0 Å². The lowest BCUT2D eigenvalue weighted by Gasteiger charge is -2.15. The molecule has 0 bridgehead atoms. The SMILES string of the molecule is CC(C)NCC(C)NCc1nn(C)c2ccccc12. The molecule has 0 saturated carbocycles. The fourth-order valence-electron chi connectivity index (χ4n) is 2.17. The first-order valence-corrected chi connectivity index (χ1v) is 6.95. The van der Waals surface area contributed by atoms with Gasteiger partial charge in [0.1, 0.15) is 0 Å². The second kappa shape index (κ2) is 6.17. The van der Waals surface area contributed by atoms with Gasteiger partial charge in [-0.1, -0.05) is 32.0 Å². The summed E-state index contributed by atoms with van der Waals surface area (Å²) in [5, 5.41) is 12.8. The maximum Gasteiger partial charge on any atom is 0.0841 e. The van der Waals surface area contributed by atoms with Crippen molar-refractivity contribution in [1.82, 2.24) is 20.4 Å². The Kier molecular flexibility index (Phi) is 4.56. The predicted molar refractivity (Wildman–Crippen MR) is 80.2 cm³/mol. The van der Waals surface area contributed by atoms with Crippen molar-refractivity contribution in [3.8, 4) is 0 Å². The van der Waals surface area contributed by atoms with E-state index in [2.05, 4.69) is 60.8 Å². The Hall–Kier alpha value is -1.39. The first-order valence-electron chi connectivity index (χ1n) is 6.95. The van der Waals surface area contributed by atoms with Gasteiger partial charge in [-0.3, -0.25) is 4.68 Å². The van der Waals surface area contributed by atoms with Crippen molar-refractivity contribution >= 4 is 10.9 Å². The van der Waals surface area contributed by atoms with E-state index in [1.165, 1.54) is 10.9 Å². The summed E-state index contributed by atoms with van der Waals surface area (Å²) in [5.41, 5.74) is 2.31. The van der Waals surface area contributed by atoms with Crippen LogP contribution in [0.15, 0.2) is 24.3 Å². The van der Waals surface area contributed by atoms with Crippen molar-refractivity contribution in [3.63, 3.8) is 0 Å². The maximum atomic E-state index is 4.59. The standard InChI is InChI=1S/C15H24N4/c1-11(2)16-9-12(3)17-10-14-13-7-5-6-8-15(13)19(4)18-14/h5-8,11-12,16-17H,9-10H2,1-4H3. The van der Waals surface area contributed by atoms with Gasteiger partial charge >= 0.3 is 0 Å². The van der Waals surface area contributed by atoms with Crippen molar-refractivity contribution in [2.45, 2.75) is 39.4 Å². The molecule has 0 spiro atoms. The molecular formula is C15H24N4. The first-order chi connectivity index (χ1) is 9.08. The third kappa shape index (κ3) is 3.55. The molecular weight excluding hydrogens is 236 g/mol. The highest BCUT2D eigenvalue weighted by Crippen LogP contribution is 2.17. The first kappa shape index (κ1) is 14.0. The highest BCUT2D eigenvalue weighted by molar-refractivity contribution is 5.81. The van der Waals surface area contributed by atoms with Crippen LogP contribution in [0.1, 0.15) is 26.5 Å². The van der Waals surface area contributed by atoms with Crippen molar-refractivity contribution < 1.29 is 0 Å². The molecule has 1 unspecified atom stereocenters. The molecule has 0 aliphatic rings. The lowest BCUT2D eigenvalue weighted by atomic mass is 10.2. The van der Waals surface area contributed by atoms with E-state index in [-0.39, 0.29) is 0 Å². The van der Waals surface area contributed by atoms with E-state index in [4.69, 9.17) is 0 Å². The number of hydrogen-bond acceptors (Lipinski definition) is 3. The van der Waals surface area contributed by atoms with Crippen LogP contribution in [0.4, 0.5) is 0 Å². The van der Waals surface area contributed by atoms with Gasteiger partial charge in [-0.2, -0.15) is 5.10 Å². The van der Waals surface area contributed by atoms with Gasteiger partial charge in [-0.05, 0) is 13.0 Å². The molecule has 0 fully saturated rings. The molecule has 104 valence electrons. The van der Waals surface area contributed by atoms with Crippen LogP contribution in [0.25, 0.3) is 10.9 Å². The molecule has 19 heavy (non-hydrogen) atoms. The molecule has 2 aromatic rings. The molecule has 4 heteroatoms. The molecule has 0 aliphatic carbocycles. The number of benzene rings is 1. The molecule has 1 aromatic carbocycles. The van der Waals surface area contributed by atoms with Crippen LogP contribution in [0.2, 0.25) is 0 Å². The minimum Gasteiger partial charge on any atom is -0.313 e. The Morgan fingerprint density at radius 1 is 1.16 bits per heavy atom. The van der Waals surface area contributed by atoms with Crippen LogP contribution in [0, 0.1) is 0 Å². The van der Waals surface area contributed by atoms with Gasteiger partial charge in [0.2, 0.25) is 0 Å². The summed E-state index contributed by atoms with van der Waals surface area (Å²) >= 11 is 0. The van der Waals surface area contributed by atoms with Crippen LogP contribution >= 0.6 is 0 Å². The highest BCUT2D eigenvalue weighted by Gasteiger charge is 2.09. The van der Waals surface area contributed by atoms with Gasteiger partial charge in [-0.25, -0.2) is 0 Å². The summed E-state index contributed by atoms with van der Waals surface area (Å²) < 4.78 is 1.95. The van der Waals surface area contributed by atoms with Gasteiger partial charge in [-0.15, -0.1) is 0 Å². The van der Waals surface area contributed by atoms with Crippen LogP contribution in [0.3, 0.4) is 0 Å². The average Bonchev–Trinajstić information content (AvgIpc) is 2.71. The number of nitrogens with zero attached hydrogens (tertiary/aromatic N) is 2. The summed E-state index contributed by atoms with van der Waals surface area (Å²) in [6.45, 7) is 8.31. The zero-order valence-electron chi connectivity index (χ0n) is 12.3. The van der Waals surface area contributed by atoms with Crippen LogP contribution in [-0.2, 0) is 13.6 Å². The number of rotatable bonds is 6. The minimum atomic E-state index is 0.433. The largest absolute Gasteiger partial charge is 0.313 e. The van der Waals surface area contributed by atoms with E-state index in [9.17, 15) is 0 Å². The molecule has 1 aromatic heterocycles. The summed E-state index contributed by atoms with van der Waals surface area (Å²) in [7, 11) is 2.00. The monoisotopic (exact) mass is 260 g/mol. The minimum absolute atomic E-state index is 0.433. The molecule has 0 aliphatic heterocycles. The Bertz CT molecular complexity index is 530. The average molecular weight is 260 g/mol. The number of fused-ring (bicyclic) bond motifs is 1. The Morgan fingerprint density at radius 3 is 2.63 bits per heavy atom. The second-order valence-corrected chi connectivity index (χ2v) is 5.43. The smallest absolute Gasteiger partial charge is 0.0841 e. The maximum absolute atomic E-state index is 4.59. The van der Waals surface area contributed by atoms with Crippen molar-refractivity contribution in [3.05, 3.63) is 30.0 Å². The molecule has 1 atom stereocenters. The summed E-state index contributed by atoms with van der Waals surface area (Å²) in [6, 6.07) is 9.32. The number of para-hydroxylation sites is 1.